The highest BCUT2D eigenvalue weighted by atomic mass is 16.2. The first-order valence-corrected chi connectivity index (χ1v) is 8.03. The first-order valence-electron chi connectivity index (χ1n) is 8.03. The van der Waals surface area contributed by atoms with Crippen LogP contribution in [0.5, 0.6) is 0 Å². The molecule has 3 rings (SSSR count). The molecule has 1 saturated heterocycles. The van der Waals surface area contributed by atoms with Crippen LogP contribution in [0.15, 0.2) is 30.6 Å². The molecule has 7 heteroatoms. The van der Waals surface area contributed by atoms with Gasteiger partial charge in [-0.1, -0.05) is 25.5 Å². The minimum atomic E-state index is 0.112. The molecule has 1 aromatic carbocycles. The molecule has 0 bridgehead atoms. The number of carbonyl (C=O) groups excluding carboxylic acids is 1. The van der Waals surface area contributed by atoms with Gasteiger partial charge in [0.05, 0.1) is 12.1 Å². The summed E-state index contributed by atoms with van der Waals surface area (Å²) in [5.41, 5.74) is 8.00. The van der Waals surface area contributed by atoms with E-state index in [-0.39, 0.29) is 11.9 Å². The van der Waals surface area contributed by atoms with Crippen molar-refractivity contribution in [3.63, 3.8) is 0 Å². The lowest BCUT2D eigenvalue weighted by Crippen LogP contribution is -2.33. The molecule has 1 aliphatic rings. The topological polar surface area (TPSA) is 89.9 Å². The summed E-state index contributed by atoms with van der Waals surface area (Å²) in [6.45, 7) is 3.62. The van der Waals surface area contributed by atoms with E-state index in [4.69, 9.17) is 5.73 Å². The molecule has 122 valence electrons. The summed E-state index contributed by atoms with van der Waals surface area (Å²) in [6.07, 6.45) is 4.14. The smallest absolute Gasteiger partial charge is 0.227 e. The summed E-state index contributed by atoms with van der Waals surface area (Å²) in [5, 5.41) is 11.1. The fraction of sp³-hybridized carbons (Fsp3) is 0.500. The minimum Gasteiger partial charge on any atom is -0.341 e. The quantitative estimate of drug-likeness (QED) is 0.881. The van der Waals surface area contributed by atoms with Crippen LogP contribution in [0.1, 0.15) is 25.3 Å². The maximum Gasteiger partial charge on any atom is 0.227 e. The monoisotopic (exact) mass is 314 g/mol. The van der Waals surface area contributed by atoms with Gasteiger partial charge in [0.1, 0.15) is 6.33 Å². The summed E-state index contributed by atoms with van der Waals surface area (Å²) in [7, 11) is 0. The largest absolute Gasteiger partial charge is 0.341 e. The van der Waals surface area contributed by atoms with E-state index in [1.54, 1.807) is 11.0 Å². The molecule has 0 spiro atoms. The number of nitrogens with zero attached hydrogens (tertiary/aromatic N) is 5. The number of rotatable bonds is 5. The fourth-order valence-electron chi connectivity index (χ4n) is 3.11. The van der Waals surface area contributed by atoms with Gasteiger partial charge >= 0.3 is 0 Å². The van der Waals surface area contributed by atoms with Gasteiger partial charge in [0.2, 0.25) is 5.91 Å². The van der Waals surface area contributed by atoms with Gasteiger partial charge in [0.25, 0.3) is 0 Å². The number of benzene rings is 1. The van der Waals surface area contributed by atoms with Gasteiger partial charge in [-0.05, 0) is 40.5 Å². The molecule has 0 saturated carbocycles. The third-order valence-corrected chi connectivity index (χ3v) is 4.41. The summed E-state index contributed by atoms with van der Waals surface area (Å²) in [6, 6.07) is 7.81. The van der Waals surface area contributed by atoms with Crippen LogP contribution < -0.4 is 5.73 Å². The predicted octanol–water partition coefficient (Wildman–Crippen LogP) is 0.791. The average molecular weight is 314 g/mol. The van der Waals surface area contributed by atoms with Gasteiger partial charge < -0.3 is 10.6 Å². The zero-order valence-electron chi connectivity index (χ0n) is 13.3. The maximum atomic E-state index is 12.5. The molecule has 0 unspecified atom stereocenters. The molecular weight excluding hydrogens is 292 g/mol. The van der Waals surface area contributed by atoms with Crippen LogP contribution in [0, 0.1) is 5.92 Å². The second-order valence-electron chi connectivity index (χ2n) is 6.11. The summed E-state index contributed by atoms with van der Waals surface area (Å²) < 4.78 is 1.58. The Morgan fingerprint density at radius 1 is 1.30 bits per heavy atom. The van der Waals surface area contributed by atoms with Crippen LogP contribution in [0.2, 0.25) is 0 Å². The predicted molar refractivity (Wildman–Crippen MR) is 85.8 cm³/mol. The van der Waals surface area contributed by atoms with Crippen molar-refractivity contribution in [2.24, 2.45) is 11.7 Å². The van der Waals surface area contributed by atoms with E-state index < -0.39 is 0 Å². The Hall–Kier alpha value is -2.28. The van der Waals surface area contributed by atoms with Gasteiger partial charge in [-0.2, -0.15) is 0 Å². The molecular formula is C16H22N6O. The lowest BCUT2D eigenvalue weighted by molar-refractivity contribution is -0.129. The van der Waals surface area contributed by atoms with Crippen molar-refractivity contribution in [3.8, 4) is 5.69 Å². The van der Waals surface area contributed by atoms with Crippen LogP contribution in [0.4, 0.5) is 0 Å². The highest BCUT2D eigenvalue weighted by Crippen LogP contribution is 2.21. The van der Waals surface area contributed by atoms with E-state index >= 15 is 0 Å². The Balaban J connectivity index is 1.60. The molecule has 23 heavy (non-hydrogen) atoms. The van der Waals surface area contributed by atoms with Gasteiger partial charge in [-0.3, -0.25) is 4.79 Å². The third-order valence-electron chi connectivity index (χ3n) is 4.41. The minimum absolute atomic E-state index is 0.112. The number of carbonyl (C=O) groups is 1. The normalized spacial score (nSPS) is 20.9. The van der Waals surface area contributed by atoms with Crippen molar-refractivity contribution in [2.75, 3.05) is 13.1 Å². The van der Waals surface area contributed by atoms with Crippen molar-refractivity contribution in [1.82, 2.24) is 25.1 Å². The molecule has 2 N–H and O–H groups in total. The first-order chi connectivity index (χ1) is 11.2. The molecule has 1 fully saturated rings. The first kappa shape index (κ1) is 15.6. The molecule has 1 amide bonds. The Morgan fingerprint density at radius 3 is 2.74 bits per heavy atom. The van der Waals surface area contributed by atoms with Crippen molar-refractivity contribution in [3.05, 3.63) is 36.2 Å². The molecule has 2 atom stereocenters. The van der Waals surface area contributed by atoms with Gasteiger partial charge in [-0.15, -0.1) is 5.10 Å². The fourth-order valence-corrected chi connectivity index (χ4v) is 3.11. The summed E-state index contributed by atoms with van der Waals surface area (Å²) in [5.74, 6) is 0.584. The van der Waals surface area contributed by atoms with Crippen molar-refractivity contribution < 1.29 is 4.79 Å². The zero-order valence-corrected chi connectivity index (χ0v) is 13.3. The molecule has 2 heterocycles. The molecule has 2 aromatic rings. The van der Waals surface area contributed by atoms with Gasteiger partial charge in [0, 0.05) is 19.1 Å². The Morgan fingerprint density at radius 2 is 2.09 bits per heavy atom. The summed E-state index contributed by atoms with van der Waals surface area (Å²) >= 11 is 0. The second-order valence-corrected chi connectivity index (χ2v) is 6.11. The molecule has 1 aliphatic heterocycles. The number of amides is 1. The Kier molecular flexibility index (Phi) is 4.66. The third kappa shape index (κ3) is 3.56. The van der Waals surface area contributed by atoms with E-state index in [2.05, 4.69) is 22.4 Å². The SMILES string of the molecule is CCC[C@@H]1CN(C(=O)Cc2ccc(-n3cnnn3)cc2)C[C@H]1N. The van der Waals surface area contributed by atoms with E-state index in [1.807, 2.05) is 29.2 Å². The van der Waals surface area contributed by atoms with E-state index in [0.29, 0.717) is 18.9 Å². The lowest BCUT2D eigenvalue weighted by atomic mass is 9.99. The second kappa shape index (κ2) is 6.87. The van der Waals surface area contributed by atoms with Crippen LogP contribution in [0.3, 0.4) is 0 Å². The number of hydrogen-bond donors (Lipinski definition) is 1. The molecule has 7 nitrogen and oxygen atoms in total. The summed E-state index contributed by atoms with van der Waals surface area (Å²) in [4.78, 5) is 14.4. The van der Waals surface area contributed by atoms with Crippen molar-refractivity contribution in [1.29, 1.82) is 0 Å². The van der Waals surface area contributed by atoms with Crippen LogP contribution in [-0.4, -0.2) is 50.1 Å². The number of hydrogen-bond acceptors (Lipinski definition) is 5. The highest BCUT2D eigenvalue weighted by Gasteiger charge is 2.31. The number of aromatic nitrogens is 4. The van der Waals surface area contributed by atoms with Crippen LogP contribution in [-0.2, 0) is 11.2 Å². The van der Waals surface area contributed by atoms with E-state index in [1.165, 1.54) is 0 Å². The van der Waals surface area contributed by atoms with Crippen molar-refractivity contribution in [2.45, 2.75) is 32.2 Å². The maximum absolute atomic E-state index is 12.5. The van der Waals surface area contributed by atoms with Gasteiger partial charge in [-0.25, -0.2) is 4.68 Å². The van der Waals surface area contributed by atoms with Crippen molar-refractivity contribution >= 4 is 5.91 Å². The Bertz CT molecular complexity index is 639. The van der Waals surface area contributed by atoms with Crippen LogP contribution in [0.25, 0.3) is 5.69 Å². The lowest BCUT2D eigenvalue weighted by Gasteiger charge is -2.16. The molecule has 0 aliphatic carbocycles. The van der Waals surface area contributed by atoms with E-state index in [0.717, 1.165) is 30.6 Å². The number of likely N-dealkylation sites (tertiary alicyclic amines) is 1. The molecule has 0 radical (unpaired) electrons. The standard InChI is InChI=1S/C16H22N6O/c1-2-3-13-9-21(10-15(13)17)16(23)8-12-4-6-14(7-5-12)22-11-18-19-20-22/h4-7,11,13,15H,2-3,8-10,17H2,1H3/t13-,15-/m1/s1. The van der Waals surface area contributed by atoms with Crippen LogP contribution >= 0.6 is 0 Å². The zero-order chi connectivity index (χ0) is 16.2. The highest BCUT2D eigenvalue weighted by molar-refractivity contribution is 5.79. The number of tetrazole rings is 1. The molecule has 1 aromatic heterocycles. The Labute approximate surface area is 135 Å². The van der Waals surface area contributed by atoms with E-state index in [9.17, 15) is 4.79 Å². The average Bonchev–Trinajstić information content (AvgIpc) is 3.19. The number of nitrogens with two attached hydrogens (primary N) is 1. The van der Waals surface area contributed by atoms with Gasteiger partial charge in [0.15, 0.2) is 0 Å².